The second-order valence-corrected chi connectivity index (χ2v) is 5.13. The van der Waals surface area contributed by atoms with Crippen LogP contribution in [0.5, 0.6) is 11.5 Å². The molecule has 0 saturated carbocycles. The third-order valence-electron chi connectivity index (χ3n) is 3.36. The number of nitrogens with one attached hydrogen (secondary N) is 1. The number of anilines is 1. The summed E-state index contributed by atoms with van der Waals surface area (Å²) in [6, 6.07) is 7.89. The number of benzene rings is 2. The zero-order valence-corrected chi connectivity index (χ0v) is 12.5. The Hall–Kier alpha value is -3.37. The van der Waals surface area contributed by atoms with E-state index in [1.165, 1.54) is 18.2 Å². The molecule has 0 unspecified atom stereocenters. The molecule has 1 N–H and O–H groups in total. The van der Waals surface area contributed by atoms with Crippen LogP contribution in [-0.4, -0.2) is 23.0 Å². The zero-order chi connectivity index (χ0) is 19.1. The number of hydrogen-bond acceptors (Lipinski definition) is 5. The number of halogens is 4. The highest BCUT2D eigenvalue weighted by atomic mass is 19.3. The van der Waals surface area contributed by atoms with Crippen LogP contribution < -0.4 is 14.8 Å². The summed E-state index contributed by atoms with van der Waals surface area (Å²) in [7, 11) is 0. The minimum Gasteiger partial charge on any atom is -0.421 e. The molecule has 2 aromatic rings. The Morgan fingerprint density at radius 1 is 1.00 bits per heavy atom. The van der Waals surface area contributed by atoms with Crippen molar-refractivity contribution in [3.8, 4) is 11.5 Å². The van der Waals surface area contributed by atoms with Crippen molar-refractivity contribution in [1.29, 1.82) is 0 Å². The van der Waals surface area contributed by atoms with Gasteiger partial charge in [0.25, 0.3) is 11.6 Å². The average Bonchev–Trinajstić information content (AvgIpc) is 2.55. The molecule has 0 fully saturated rings. The first-order chi connectivity index (χ1) is 12.1. The molecule has 1 amide bonds. The number of para-hydroxylation sites is 1. The smallest absolute Gasteiger partial charge is 0.421 e. The predicted octanol–water partition coefficient (Wildman–Crippen LogP) is 3.80. The molecule has 0 aromatic heterocycles. The normalized spacial score (nSPS) is 16.6. The Morgan fingerprint density at radius 2 is 1.62 bits per heavy atom. The highest BCUT2D eigenvalue weighted by Gasteiger charge is 2.65. The second kappa shape index (κ2) is 5.86. The monoisotopic (exact) mass is 372 g/mol. The van der Waals surface area contributed by atoms with Crippen molar-refractivity contribution >= 4 is 17.3 Å². The second-order valence-electron chi connectivity index (χ2n) is 5.13. The summed E-state index contributed by atoms with van der Waals surface area (Å²) in [6.07, 6.45) is -9.75. The van der Waals surface area contributed by atoms with E-state index in [9.17, 15) is 32.5 Å². The van der Waals surface area contributed by atoms with Crippen molar-refractivity contribution in [2.75, 3.05) is 5.32 Å². The first-order valence-corrected chi connectivity index (χ1v) is 6.93. The molecule has 0 aliphatic carbocycles. The minimum atomic E-state index is -4.90. The number of fused-ring (bicyclic) bond motifs is 1. The molecular formula is C15H8F4N2O5. The van der Waals surface area contributed by atoms with Crippen LogP contribution in [0.3, 0.4) is 0 Å². The van der Waals surface area contributed by atoms with Crippen LogP contribution in [0.4, 0.5) is 28.9 Å². The lowest BCUT2D eigenvalue weighted by atomic mass is 10.1. The van der Waals surface area contributed by atoms with Gasteiger partial charge in [0.15, 0.2) is 11.5 Å². The molecule has 7 nitrogen and oxygen atoms in total. The third-order valence-corrected chi connectivity index (χ3v) is 3.36. The Bertz CT molecular complexity index is 903. The number of nitrogens with zero attached hydrogens (tertiary/aromatic N) is 1. The third kappa shape index (κ3) is 2.98. The summed E-state index contributed by atoms with van der Waals surface area (Å²) >= 11 is 0. The highest BCUT2D eigenvalue weighted by molar-refractivity contribution is 6.07. The fraction of sp³-hybridized carbons (Fsp3) is 0.133. The van der Waals surface area contributed by atoms with E-state index in [-0.39, 0.29) is 11.3 Å². The predicted molar refractivity (Wildman–Crippen MR) is 78.6 cm³/mol. The zero-order valence-electron chi connectivity index (χ0n) is 12.5. The Morgan fingerprint density at radius 3 is 2.27 bits per heavy atom. The van der Waals surface area contributed by atoms with Gasteiger partial charge < -0.3 is 14.8 Å². The van der Waals surface area contributed by atoms with Crippen LogP contribution >= 0.6 is 0 Å². The number of nitro benzene ring substituents is 1. The summed E-state index contributed by atoms with van der Waals surface area (Å²) in [4.78, 5) is 22.4. The lowest BCUT2D eigenvalue weighted by Crippen LogP contribution is -2.52. The number of hydrogen-bond donors (Lipinski definition) is 1. The first-order valence-electron chi connectivity index (χ1n) is 6.93. The van der Waals surface area contributed by atoms with Gasteiger partial charge in [-0.2, -0.15) is 17.6 Å². The largest absolute Gasteiger partial charge is 0.507 e. The van der Waals surface area contributed by atoms with Crippen molar-refractivity contribution in [2.45, 2.75) is 12.2 Å². The van der Waals surface area contributed by atoms with Crippen LogP contribution in [0.1, 0.15) is 10.4 Å². The van der Waals surface area contributed by atoms with Gasteiger partial charge >= 0.3 is 12.2 Å². The molecule has 26 heavy (non-hydrogen) atoms. The van der Waals surface area contributed by atoms with E-state index in [2.05, 4.69) is 14.8 Å². The van der Waals surface area contributed by atoms with E-state index in [1.54, 1.807) is 0 Å². The van der Waals surface area contributed by atoms with E-state index < -0.39 is 40.2 Å². The van der Waals surface area contributed by atoms with Crippen molar-refractivity contribution in [2.24, 2.45) is 0 Å². The van der Waals surface area contributed by atoms with Gasteiger partial charge in [0.05, 0.1) is 4.92 Å². The lowest BCUT2D eigenvalue weighted by molar-refractivity contribution is -0.391. The number of rotatable bonds is 3. The van der Waals surface area contributed by atoms with Gasteiger partial charge in [0, 0.05) is 17.8 Å². The van der Waals surface area contributed by atoms with Crippen LogP contribution in [-0.2, 0) is 0 Å². The molecular weight excluding hydrogens is 364 g/mol. The Balaban J connectivity index is 1.87. The fourth-order valence-electron chi connectivity index (χ4n) is 2.17. The van der Waals surface area contributed by atoms with Gasteiger partial charge in [-0.1, -0.05) is 12.1 Å². The van der Waals surface area contributed by atoms with Gasteiger partial charge in [-0.25, -0.2) is 0 Å². The first kappa shape index (κ1) is 17.5. The van der Waals surface area contributed by atoms with Crippen LogP contribution in [0.2, 0.25) is 0 Å². The molecule has 2 aromatic carbocycles. The maximum atomic E-state index is 13.2. The number of ether oxygens (including phenoxy) is 2. The molecule has 0 radical (unpaired) electrons. The SMILES string of the molecule is O=C(Nc1ccc2c(c1)OC(F)(F)C(F)(F)O2)c1ccccc1[N+](=O)[O-]. The molecule has 0 atom stereocenters. The minimum absolute atomic E-state index is 0.114. The van der Waals surface area contributed by atoms with Crippen molar-refractivity contribution in [3.63, 3.8) is 0 Å². The van der Waals surface area contributed by atoms with Crippen LogP contribution in [0.15, 0.2) is 42.5 Å². The average molecular weight is 372 g/mol. The molecule has 1 aliphatic heterocycles. The Kier molecular flexibility index (Phi) is 3.93. The highest BCUT2D eigenvalue weighted by Crippen LogP contribution is 2.47. The van der Waals surface area contributed by atoms with Gasteiger partial charge in [-0.05, 0) is 18.2 Å². The fourth-order valence-corrected chi connectivity index (χ4v) is 2.17. The number of alkyl halides is 4. The van der Waals surface area contributed by atoms with E-state index in [4.69, 9.17) is 0 Å². The standard InChI is InChI=1S/C15H8F4N2O5/c16-14(17)15(18,19)26-12-7-8(5-6-11(12)25-14)20-13(22)9-3-1-2-4-10(9)21(23)24/h1-7H,(H,20,22). The molecule has 1 aliphatic rings. The summed E-state index contributed by atoms with van der Waals surface area (Å²) in [6.45, 7) is 0. The van der Waals surface area contributed by atoms with E-state index >= 15 is 0 Å². The molecule has 0 saturated heterocycles. The van der Waals surface area contributed by atoms with Gasteiger partial charge in [0.1, 0.15) is 5.56 Å². The van der Waals surface area contributed by atoms with Crippen LogP contribution in [0, 0.1) is 10.1 Å². The summed E-state index contributed by atoms with van der Waals surface area (Å²) < 4.78 is 60.4. The molecule has 1 heterocycles. The number of nitro groups is 1. The van der Waals surface area contributed by atoms with E-state index in [1.807, 2.05) is 0 Å². The van der Waals surface area contributed by atoms with Gasteiger partial charge in [-0.3, -0.25) is 14.9 Å². The molecule has 3 rings (SSSR count). The van der Waals surface area contributed by atoms with E-state index in [0.29, 0.717) is 0 Å². The lowest BCUT2D eigenvalue weighted by Gasteiger charge is -2.31. The molecule has 136 valence electrons. The van der Waals surface area contributed by atoms with Gasteiger partial charge in [0.2, 0.25) is 0 Å². The quantitative estimate of drug-likeness (QED) is 0.503. The molecule has 0 bridgehead atoms. The summed E-state index contributed by atoms with van der Waals surface area (Å²) in [5, 5.41) is 13.2. The van der Waals surface area contributed by atoms with Crippen molar-refractivity contribution < 1.29 is 36.8 Å². The summed E-state index contributed by atoms with van der Waals surface area (Å²) in [5.74, 6) is -2.27. The van der Waals surface area contributed by atoms with Crippen LogP contribution in [0.25, 0.3) is 0 Å². The molecule has 0 spiro atoms. The maximum absolute atomic E-state index is 13.2. The summed E-state index contributed by atoms with van der Waals surface area (Å²) in [5.41, 5.74) is -0.852. The maximum Gasteiger partial charge on any atom is 0.507 e. The van der Waals surface area contributed by atoms with Gasteiger partial charge in [-0.15, -0.1) is 0 Å². The number of amides is 1. The number of carbonyl (C=O) groups is 1. The Labute approximate surface area is 142 Å². The number of carbonyl (C=O) groups excluding carboxylic acids is 1. The van der Waals surface area contributed by atoms with E-state index in [0.717, 1.165) is 24.3 Å². The topological polar surface area (TPSA) is 90.7 Å². The van der Waals surface area contributed by atoms with Crippen molar-refractivity contribution in [1.82, 2.24) is 0 Å². The molecule has 11 heteroatoms. The van der Waals surface area contributed by atoms with Crippen molar-refractivity contribution in [3.05, 3.63) is 58.1 Å².